The summed E-state index contributed by atoms with van der Waals surface area (Å²) in [5.74, 6) is 2.97. The van der Waals surface area contributed by atoms with Crippen LogP contribution < -0.4 is 0 Å². The molecule has 1 aromatic carbocycles. The second-order valence-electron chi connectivity index (χ2n) is 7.62. The van der Waals surface area contributed by atoms with Crippen molar-refractivity contribution in [3.05, 3.63) is 41.5 Å². The fourth-order valence-electron chi connectivity index (χ4n) is 3.18. The molecule has 0 spiro atoms. The molecule has 0 fully saturated rings. The number of allylic oxidation sites excluding steroid dienone is 1. The smallest absolute Gasteiger partial charge is 0.162 e. The number of carbonyl (C=O) groups is 1. The molecule has 0 saturated carbocycles. The molecule has 2 unspecified atom stereocenters. The lowest BCUT2D eigenvalue weighted by atomic mass is 9.86. The minimum Gasteiger partial charge on any atom is -0.492 e. The highest BCUT2D eigenvalue weighted by Gasteiger charge is 2.17. The molecule has 0 aliphatic carbocycles. The van der Waals surface area contributed by atoms with Gasteiger partial charge in [0.1, 0.15) is 5.76 Å². The van der Waals surface area contributed by atoms with E-state index in [4.69, 9.17) is 4.74 Å². The molecule has 1 aromatic rings. The summed E-state index contributed by atoms with van der Waals surface area (Å²) < 4.78 is 6.24. The molecule has 0 aliphatic heterocycles. The Morgan fingerprint density at radius 1 is 0.962 bits per heavy atom. The van der Waals surface area contributed by atoms with E-state index in [1.54, 1.807) is 0 Å². The van der Waals surface area contributed by atoms with Gasteiger partial charge in [-0.1, -0.05) is 84.2 Å². The van der Waals surface area contributed by atoms with E-state index in [1.807, 2.05) is 44.2 Å². The normalized spacial score (nSPS) is 15.8. The Labute approximate surface area is 161 Å². The standard InChI is InChI=1S/C24H38O2/c1-7-18(4)19(5)15-16-21(8-2)17-26-24(20(6)23(25)9-3)22-13-11-10-12-14-22/h10-14,18-19,21H,7-9,15-17H2,1-6H3/b24-20+/t18?,19-,21?/m1/s1. The van der Waals surface area contributed by atoms with E-state index in [-0.39, 0.29) is 5.78 Å². The molecular formula is C24H38O2. The topological polar surface area (TPSA) is 26.3 Å². The highest BCUT2D eigenvalue weighted by molar-refractivity contribution is 6.00. The zero-order valence-electron chi connectivity index (χ0n) is 17.7. The Kier molecular flexibility index (Phi) is 10.3. The third kappa shape index (κ3) is 6.97. The van der Waals surface area contributed by atoms with Crippen LogP contribution >= 0.6 is 0 Å². The van der Waals surface area contributed by atoms with Crippen molar-refractivity contribution < 1.29 is 9.53 Å². The van der Waals surface area contributed by atoms with Crippen molar-refractivity contribution in [2.24, 2.45) is 17.8 Å². The summed E-state index contributed by atoms with van der Waals surface area (Å²) in [4.78, 5) is 12.2. The number of rotatable bonds is 12. The Bertz CT molecular complexity index is 559. The van der Waals surface area contributed by atoms with E-state index >= 15 is 0 Å². The quantitative estimate of drug-likeness (QED) is 0.300. The SMILES string of the molecule is CCC(=O)/C(C)=C(/OCC(CC)CC[C@@H](C)C(C)CC)c1ccccc1. The molecule has 0 saturated heterocycles. The van der Waals surface area contributed by atoms with Gasteiger partial charge in [0, 0.05) is 17.6 Å². The second-order valence-corrected chi connectivity index (χ2v) is 7.62. The summed E-state index contributed by atoms with van der Waals surface area (Å²) in [6.07, 6.45) is 5.29. The van der Waals surface area contributed by atoms with Gasteiger partial charge in [0.2, 0.25) is 0 Å². The van der Waals surface area contributed by atoms with Gasteiger partial charge in [0.15, 0.2) is 5.78 Å². The highest BCUT2D eigenvalue weighted by Crippen LogP contribution is 2.26. The minimum atomic E-state index is 0.155. The van der Waals surface area contributed by atoms with Gasteiger partial charge in [-0.05, 0) is 31.1 Å². The largest absolute Gasteiger partial charge is 0.492 e. The minimum absolute atomic E-state index is 0.155. The summed E-state index contributed by atoms with van der Waals surface area (Å²) >= 11 is 0. The van der Waals surface area contributed by atoms with Crippen molar-refractivity contribution in [3.63, 3.8) is 0 Å². The summed E-state index contributed by atoms with van der Waals surface area (Å²) in [5.41, 5.74) is 1.73. The van der Waals surface area contributed by atoms with Gasteiger partial charge in [-0.2, -0.15) is 0 Å². The van der Waals surface area contributed by atoms with Gasteiger partial charge in [-0.15, -0.1) is 0 Å². The Morgan fingerprint density at radius 2 is 1.62 bits per heavy atom. The average molecular weight is 359 g/mol. The zero-order valence-corrected chi connectivity index (χ0v) is 17.7. The predicted molar refractivity (Wildman–Crippen MR) is 112 cm³/mol. The molecule has 2 heteroatoms. The molecule has 0 heterocycles. The van der Waals surface area contributed by atoms with Crippen molar-refractivity contribution >= 4 is 11.5 Å². The molecule has 0 aromatic heterocycles. The number of benzene rings is 1. The molecule has 0 bridgehead atoms. The monoisotopic (exact) mass is 358 g/mol. The first-order chi connectivity index (χ1) is 12.4. The summed E-state index contributed by atoms with van der Waals surface area (Å²) in [5, 5.41) is 0. The zero-order chi connectivity index (χ0) is 19.5. The van der Waals surface area contributed by atoms with E-state index in [9.17, 15) is 4.79 Å². The van der Waals surface area contributed by atoms with Crippen LogP contribution in [0.4, 0.5) is 0 Å². The lowest BCUT2D eigenvalue weighted by Gasteiger charge is -2.23. The predicted octanol–water partition coefficient (Wildman–Crippen LogP) is 6.90. The van der Waals surface area contributed by atoms with E-state index in [0.29, 0.717) is 18.9 Å². The summed E-state index contributed by atoms with van der Waals surface area (Å²) in [6, 6.07) is 10.0. The molecule has 1 rings (SSSR count). The fraction of sp³-hybridized carbons (Fsp3) is 0.625. The first-order valence-electron chi connectivity index (χ1n) is 10.4. The van der Waals surface area contributed by atoms with Crippen LogP contribution in [0.3, 0.4) is 0 Å². The maximum absolute atomic E-state index is 12.2. The fourth-order valence-corrected chi connectivity index (χ4v) is 3.18. The molecule has 146 valence electrons. The maximum Gasteiger partial charge on any atom is 0.162 e. The van der Waals surface area contributed by atoms with E-state index in [0.717, 1.165) is 35.2 Å². The van der Waals surface area contributed by atoms with Crippen molar-refractivity contribution in [3.8, 4) is 0 Å². The highest BCUT2D eigenvalue weighted by atomic mass is 16.5. The van der Waals surface area contributed by atoms with Gasteiger partial charge in [-0.3, -0.25) is 4.79 Å². The molecule has 0 aliphatic rings. The van der Waals surface area contributed by atoms with Crippen LogP contribution in [-0.2, 0) is 9.53 Å². The lowest BCUT2D eigenvalue weighted by Crippen LogP contribution is -2.14. The van der Waals surface area contributed by atoms with Crippen molar-refractivity contribution in [1.82, 2.24) is 0 Å². The van der Waals surface area contributed by atoms with Gasteiger partial charge < -0.3 is 4.74 Å². The molecule has 2 nitrogen and oxygen atoms in total. The Balaban J connectivity index is 2.80. The number of carbonyl (C=O) groups excluding carboxylic acids is 1. The van der Waals surface area contributed by atoms with Crippen LogP contribution in [0.2, 0.25) is 0 Å². The summed E-state index contributed by atoms with van der Waals surface area (Å²) in [6.45, 7) is 13.7. The molecular weight excluding hydrogens is 320 g/mol. The molecule has 3 atom stereocenters. The van der Waals surface area contributed by atoms with E-state index < -0.39 is 0 Å². The second kappa shape index (κ2) is 11.9. The Hall–Kier alpha value is -1.57. The number of ether oxygens (including phenoxy) is 1. The van der Waals surface area contributed by atoms with Gasteiger partial charge >= 0.3 is 0 Å². The van der Waals surface area contributed by atoms with Crippen LogP contribution in [0.5, 0.6) is 0 Å². The molecule has 0 amide bonds. The molecule has 26 heavy (non-hydrogen) atoms. The van der Waals surface area contributed by atoms with Gasteiger partial charge in [0.25, 0.3) is 0 Å². The van der Waals surface area contributed by atoms with Crippen LogP contribution in [0, 0.1) is 17.8 Å². The van der Waals surface area contributed by atoms with Gasteiger partial charge in [-0.25, -0.2) is 0 Å². The van der Waals surface area contributed by atoms with Crippen LogP contribution in [0.25, 0.3) is 5.76 Å². The number of hydrogen-bond donors (Lipinski definition) is 0. The van der Waals surface area contributed by atoms with Crippen molar-refractivity contribution in [2.45, 2.75) is 73.6 Å². The number of ketones is 1. The van der Waals surface area contributed by atoms with Crippen molar-refractivity contribution in [2.75, 3.05) is 6.61 Å². The third-order valence-corrected chi connectivity index (χ3v) is 5.80. The van der Waals surface area contributed by atoms with Gasteiger partial charge in [0.05, 0.1) is 6.61 Å². The lowest BCUT2D eigenvalue weighted by molar-refractivity contribution is -0.115. The van der Waals surface area contributed by atoms with Crippen LogP contribution in [-0.4, -0.2) is 12.4 Å². The van der Waals surface area contributed by atoms with E-state index in [1.165, 1.54) is 19.3 Å². The summed E-state index contributed by atoms with van der Waals surface area (Å²) in [7, 11) is 0. The number of hydrogen-bond acceptors (Lipinski definition) is 2. The number of Topliss-reactive ketones (excluding diaryl/α,β-unsaturated/α-hetero) is 1. The Morgan fingerprint density at radius 3 is 2.15 bits per heavy atom. The average Bonchev–Trinajstić information content (AvgIpc) is 2.69. The molecule has 0 N–H and O–H groups in total. The first kappa shape index (κ1) is 22.5. The maximum atomic E-state index is 12.2. The third-order valence-electron chi connectivity index (χ3n) is 5.80. The first-order valence-corrected chi connectivity index (χ1v) is 10.4. The van der Waals surface area contributed by atoms with Crippen molar-refractivity contribution in [1.29, 1.82) is 0 Å². The van der Waals surface area contributed by atoms with E-state index in [2.05, 4.69) is 27.7 Å². The molecule has 0 radical (unpaired) electrons. The van der Waals surface area contributed by atoms with Crippen LogP contribution in [0.15, 0.2) is 35.9 Å². The van der Waals surface area contributed by atoms with Crippen LogP contribution in [0.1, 0.15) is 79.2 Å².